The largest absolute Gasteiger partial charge is 0.396 e. The second-order valence-corrected chi connectivity index (χ2v) is 5.69. The first-order valence-corrected chi connectivity index (χ1v) is 8.25. The second kappa shape index (κ2) is 11.3. The highest BCUT2D eigenvalue weighted by atomic mass is 16.3. The summed E-state index contributed by atoms with van der Waals surface area (Å²) < 4.78 is 0. The number of rotatable bonds is 12. The monoisotopic (exact) mass is 268 g/mol. The van der Waals surface area contributed by atoms with Gasteiger partial charge in [0.1, 0.15) is 0 Å². The van der Waals surface area contributed by atoms with Gasteiger partial charge in [-0.15, -0.1) is 0 Å². The Balaban J connectivity index is 2.00. The maximum absolute atomic E-state index is 9.15. The number of unbranched alkanes of at least 4 members (excludes halogenated alkanes) is 7. The van der Waals surface area contributed by atoms with Gasteiger partial charge in [0.15, 0.2) is 0 Å². The van der Waals surface area contributed by atoms with Gasteiger partial charge < -0.3 is 10.0 Å². The first kappa shape index (κ1) is 16.5. The molecule has 0 amide bonds. The molecular formula is C16H32N2O. The van der Waals surface area contributed by atoms with E-state index < -0.39 is 0 Å². The number of aliphatic hydroxyl groups excluding tert-OH is 1. The highest BCUT2D eigenvalue weighted by Gasteiger charge is 2.17. The zero-order chi connectivity index (χ0) is 13.8. The Kier molecular flexibility index (Phi) is 9.78. The van der Waals surface area contributed by atoms with E-state index in [1.54, 1.807) is 0 Å². The summed E-state index contributed by atoms with van der Waals surface area (Å²) in [7, 11) is 0. The SMILES string of the molecule is CCCCCCCCCCC(CCO)N1C=NCC1. The standard InChI is InChI=1S/C16H32N2O/c1-2-3-4-5-6-7-8-9-10-16(11-14-19)18-13-12-17-15-18/h15-16,19H,2-14H2,1H3. The third-order valence-electron chi connectivity index (χ3n) is 4.04. The van der Waals surface area contributed by atoms with Gasteiger partial charge >= 0.3 is 0 Å². The third kappa shape index (κ3) is 7.56. The molecule has 0 fully saturated rings. The van der Waals surface area contributed by atoms with Crippen molar-refractivity contribution in [3.63, 3.8) is 0 Å². The summed E-state index contributed by atoms with van der Waals surface area (Å²) >= 11 is 0. The molecule has 0 aromatic heterocycles. The van der Waals surface area contributed by atoms with E-state index in [0.717, 1.165) is 19.5 Å². The van der Waals surface area contributed by atoms with Gasteiger partial charge in [0.05, 0.1) is 12.9 Å². The lowest BCUT2D eigenvalue weighted by Crippen LogP contribution is -2.33. The molecule has 0 spiro atoms. The van der Waals surface area contributed by atoms with Crippen molar-refractivity contribution in [1.82, 2.24) is 4.90 Å². The minimum absolute atomic E-state index is 0.298. The Hall–Kier alpha value is -0.570. The molecule has 1 unspecified atom stereocenters. The average Bonchev–Trinajstić information content (AvgIpc) is 2.94. The van der Waals surface area contributed by atoms with E-state index >= 15 is 0 Å². The predicted molar refractivity (Wildman–Crippen MR) is 82.8 cm³/mol. The highest BCUT2D eigenvalue weighted by molar-refractivity contribution is 5.57. The average molecular weight is 268 g/mol. The van der Waals surface area contributed by atoms with Gasteiger partial charge in [0, 0.05) is 19.2 Å². The topological polar surface area (TPSA) is 35.8 Å². The van der Waals surface area contributed by atoms with Gasteiger partial charge in [0.2, 0.25) is 0 Å². The summed E-state index contributed by atoms with van der Waals surface area (Å²) in [5.74, 6) is 0. The van der Waals surface area contributed by atoms with E-state index in [4.69, 9.17) is 5.11 Å². The quantitative estimate of drug-likeness (QED) is 0.549. The molecule has 0 bridgehead atoms. The smallest absolute Gasteiger partial charge is 0.0853 e. The van der Waals surface area contributed by atoms with Gasteiger partial charge in [0.25, 0.3) is 0 Å². The van der Waals surface area contributed by atoms with E-state index in [2.05, 4.69) is 16.8 Å². The van der Waals surface area contributed by atoms with Gasteiger partial charge in [-0.05, 0) is 12.8 Å². The molecule has 112 valence electrons. The van der Waals surface area contributed by atoms with Crippen LogP contribution in [0.25, 0.3) is 0 Å². The van der Waals surface area contributed by atoms with Crippen molar-refractivity contribution in [2.24, 2.45) is 4.99 Å². The number of aliphatic imine (C=N–C) groups is 1. The molecule has 1 aliphatic rings. The summed E-state index contributed by atoms with van der Waals surface area (Å²) in [6, 6.07) is 0.511. The van der Waals surface area contributed by atoms with Gasteiger partial charge in [-0.25, -0.2) is 0 Å². The first-order valence-electron chi connectivity index (χ1n) is 8.25. The van der Waals surface area contributed by atoms with Crippen LogP contribution in [-0.4, -0.2) is 42.1 Å². The molecule has 0 aliphatic carbocycles. The summed E-state index contributed by atoms with van der Waals surface area (Å²) in [4.78, 5) is 6.59. The van der Waals surface area contributed by atoms with Crippen LogP contribution in [0, 0.1) is 0 Å². The van der Waals surface area contributed by atoms with Crippen molar-refractivity contribution in [1.29, 1.82) is 0 Å². The van der Waals surface area contributed by atoms with Crippen molar-refractivity contribution in [3.8, 4) is 0 Å². The normalized spacial score (nSPS) is 16.2. The van der Waals surface area contributed by atoms with Crippen LogP contribution in [0.15, 0.2) is 4.99 Å². The third-order valence-corrected chi connectivity index (χ3v) is 4.04. The van der Waals surface area contributed by atoms with Crippen LogP contribution in [0.5, 0.6) is 0 Å². The van der Waals surface area contributed by atoms with Gasteiger partial charge in [-0.1, -0.05) is 58.3 Å². The van der Waals surface area contributed by atoms with Gasteiger partial charge in [-0.2, -0.15) is 0 Å². The molecule has 0 aromatic rings. The van der Waals surface area contributed by atoms with Crippen LogP contribution in [0.3, 0.4) is 0 Å². The number of hydrogen-bond acceptors (Lipinski definition) is 3. The Bertz CT molecular complexity index is 231. The van der Waals surface area contributed by atoms with Crippen LogP contribution < -0.4 is 0 Å². The van der Waals surface area contributed by atoms with Crippen LogP contribution in [0.2, 0.25) is 0 Å². The molecule has 1 atom stereocenters. The Labute approximate surface area is 119 Å². The van der Waals surface area contributed by atoms with Crippen LogP contribution >= 0.6 is 0 Å². The zero-order valence-corrected chi connectivity index (χ0v) is 12.7. The molecule has 1 aliphatic heterocycles. The maximum atomic E-state index is 9.15. The van der Waals surface area contributed by atoms with E-state index in [-0.39, 0.29) is 0 Å². The van der Waals surface area contributed by atoms with Crippen molar-refractivity contribution in [2.75, 3.05) is 19.7 Å². The minimum Gasteiger partial charge on any atom is -0.396 e. The Morgan fingerprint density at radius 1 is 1.05 bits per heavy atom. The molecule has 0 aromatic carbocycles. The molecule has 0 saturated carbocycles. The zero-order valence-electron chi connectivity index (χ0n) is 12.7. The summed E-state index contributed by atoms with van der Waals surface area (Å²) in [6.07, 6.45) is 15.0. The lowest BCUT2D eigenvalue weighted by molar-refractivity contribution is 0.219. The highest BCUT2D eigenvalue weighted by Crippen LogP contribution is 2.16. The molecule has 1 rings (SSSR count). The summed E-state index contributed by atoms with van der Waals surface area (Å²) in [5.41, 5.74) is 0. The van der Waals surface area contributed by atoms with Crippen molar-refractivity contribution < 1.29 is 5.11 Å². The fourth-order valence-corrected chi connectivity index (χ4v) is 2.81. The van der Waals surface area contributed by atoms with Crippen molar-refractivity contribution >= 4 is 6.34 Å². The molecule has 1 heterocycles. The van der Waals surface area contributed by atoms with E-state index in [1.165, 1.54) is 57.8 Å². The molecule has 3 nitrogen and oxygen atoms in total. The summed E-state index contributed by atoms with van der Waals surface area (Å²) in [6.45, 7) is 4.54. The Morgan fingerprint density at radius 3 is 2.32 bits per heavy atom. The molecule has 0 saturated heterocycles. The molecule has 0 radical (unpaired) electrons. The Morgan fingerprint density at radius 2 is 1.74 bits per heavy atom. The molecule has 1 N–H and O–H groups in total. The fraction of sp³-hybridized carbons (Fsp3) is 0.938. The molecular weight excluding hydrogens is 236 g/mol. The fourth-order valence-electron chi connectivity index (χ4n) is 2.81. The van der Waals surface area contributed by atoms with Gasteiger partial charge in [-0.3, -0.25) is 4.99 Å². The van der Waals surface area contributed by atoms with E-state index in [1.807, 2.05) is 6.34 Å². The van der Waals surface area contributed by atoms with Crippen molar-refractivity contribution in [2.45, 2.75) is 77.2 Å². The maximum Gasteiger partial charge on any atom is 0.0853 e. The molecule has 3 heteroatoms. The number of nitrogens with zero attached hydrogens (tertiary/aromatic N) is 2. The molecule has 19 heavy (non-hydrogen) atoms. The van der Waals surface area contributed by atoms with Crippen LogP contribution in [-0.2, 0) is 0 Å². The lowest BCUT2D eigenvalue weighted by Gasteiger charge is -2.26. The minimum atomic E-state index is 0.298. The van der Waals surface area contributed by atoms with Crippen molar-refractivity contribution in [3.05, 3.63) is 0 Å². The van der Waals surface area contributed by atoms with E-state index in [9.17, 15) is 0 Å². The summed E-state index contributed by atoms with van der Waals surface area (Å²) in [5, 5.41) is 9.15. The van der Waals surface area contributed by atoms with Crippen LogP contribution in [0.1, 0.15) is 71.1 Å². The number of hydrogen-bond donors (Lipinski definition) is 1. The number of aliphatic hydroxyl groups is 1. The second-order valence-electron chi connectivity index (χ2n) is 5.69. The predicted octanol–water partition coefficient (Wildman–Crippen LogP) is 3.61. The first-order chi connectivity index (χ1) is 9.38. The van der Waals surface area contributed by atoms with Crippen LogP contribution in [0.4, 0.5) is 0 Å². The van der Waals surface area contributed by atoms with E-state index in [0.29, 0.717) is 12.6 Å². The lowest BCUT2D eigenvalue weighted by atomic mass is 10.0.